The van der Waals surface area contributed by atoms with Crippen molar-refractivity contribution in [3.05, 3.63) is 54.2 Å². The number of nitrogens with zero attached hydrogens (tertiary/aromatic N) is 2. The Labute approximate surface area is 213 Å². The molecule has 2 aromatic heterocycles. The van der Waals surface area contributed by atoms with Crippen molar-refractivity contribution in [2.75, 3.05) is 19.5 Å². The predicted octanol–water partition coefficient (Wildman–Crippen LogP) is 4.12. The number of fused-ring (bicyclic) bond motifs is 1. The number of carbonyl (C=O) groups excluding carboxylic acids is 1. The average molecular weight is 504 g/mol. The van der Waals surface area contributed by atoms with Crippen LogP contribution in [0.3, 0.4) is 0 Å². The molecule has 1 fully saturated rings. The molecule has 1 amide bonds. The number of rotatable bonds is 7. The van der Waals surface area contributed by atoms with Crippen molar-refractivity contribution in [1.29, 1.82) is 0 Å². The summed E-state index contributed by atoms with van der Waals surface area (Å²) in [6.07, 6.45) is 4.26. The molecule has 0 saturated heterocycles. The SMILES string of the molecule is CNC(=O)c1ccc(Nc2nc(O[C@H]3CC[C@H](O)CC3)c3c(-c4ccc(O)cc4)c[nH]c3n2)c(OC)c1. The zero-order chi connectivity index (χ0) is 25.9. The highest BCUT2D eigenvalue weighted by Gasteiger charge is 2.24. The van der Waals surface area contributed by atoms with Gasteiger partial charge in [0.25, 0.3) is 5.91 Å². The lowest BCUT2D eigenvalue weighted by molar-refractivity contribution is 0.0652. The maximum atomic E-state index is 12.0. The molecule has 0 aliphatic heterocycles. The molecule has 1 aliphatic rings. The molecule has 1 aliphatic carbocycles. The van der Waals surface area contributed by atoms with Gasteiger partial charge in [-0.3, -0.25) is 4.79 Å². The number of aliphatic hydroxyl groups is 1. The molecule has 2 aromatic carbocycles. The van der Waals surface area contributed by atoms with Crippen LogP contribution in [-0.4, -0.2) is 57.4 Å². The molecule has 0 unspecified atom stereocenters. The number of aliphatic hydroxyl groups excluding tert-OH is 1. The zero-order valence-corrected chi connectivity index (χ0v) is 20.6. The molecule has 0 atom stereocenters. The van der Waals surface area contributed by atoms with Gasteiger partial charge in [0.2, 0.25) is 11.8 Å². The van der Waals surface area contributed by atoms with Crippen molar-refractivity contribution in [1.82, 2.24) is 20.3 Å². The molecule has 5 N–H and O–H groups in total. The van der Waals surface area contributed by atoms with Gasteiger partial charge in [-0.05, 0) is 61.6 Å². The molecule has 1 saturated carbocycles. The van der Waals surface area contributed by atoms with Crippen LogP contribution in [-0.2, 0) is 0 Å². The maximum absolute atomic E-state index is 12.0. The molecule has 0 bridgehead atoms. The zero-order valence-electron chi connectivity index (χ0n) is 20.6. The molecule has 0 radical (unpaired) electrons. The first-order chi connectivity index (χ1) is 17.9. The number of H-pyrrole nitrogens is 1. The molecule has 10 nitrogen and oxygen atoms in total. The highest BCUT2D eigenvalue weighted by molar-refractivity contribution is 5.98. The van der Waals surface area contributed by atoms with Gasteiger partial charge in [-0.15, -0.1) is 0 Å². The number of hydrogen-bond donors (Lipinski definition) is 5. The number of aromatic amines is 1. The van der Waals surface area contributed by atoms with Gasteiger partial charge >= 0.3 is 0 Å². The molecule has 5 rings (SSSR count). The van der Waals surface area contributed by atoms with E-state index in [1.54, 1.807) is 37.4 Å². The molecular weight excluding hydrogens is 474 g/mol. The number of phenolic OH excluding ortho intramolecular Hbond substituents is 1. The van der Waals surface area contributed by atoms with Crippen molar-refractivity contribution < 1.29 is 24.5 Å². The third-order valence-electron chi connectivity index (χ3n) is 6.54. The quantitative estimate of drug-likeness (QED) is 0.254. The van der Waals surface area contributed by atoms with E-state index >= 15 is 0 Å². The van der Waals surface area contributed by atoms with Gasteiger partial charge in [0.05, 0.1) is 24.3 Å². The summed E-state index contributed by atoms with van der Waals surface area (Å²) >= 11 is 0. The minimum Gasteiger partial charge on any atom is -0.508 e. The van der Waals surface area contributed by atoms with E-state index in [9.17, 15) is 15.0 Å². The lowest BCUT2D eigenvalue weighted by Crippen LogP contribution is -2.27. The van der Waals surface area contributed by atoms with Crippen LogP contribution in [0.2, 0.25) is 0 Å². The summed E-state index contributed by atoms with van der Waals surface area (Å²) in [7, 11) is 3.10. The smallest absolute Gasteiger partial charge is 0.251 e. The number of nitrogens with one attached hydrogen (secondary N) is 3. The van der Waals surface area contributed by atoms with Crippen LogP contribution >= 0.6 is 0 Å². The van der Waals surface area contributed by atoms with Crippen molar-refractivity contribution >= 4 is 28.6 Å². The summed E-state index contributed by atoms with van der Waals surface area (Å²) in [6, 6.07) is 12.0. The van der Waals surface area contributed by atoms with Gasteiger partial charge in [0.1, 0.15) is 23.3 Å². The minimum atomic E-state index is -0.299. The molecule has 4 aromatic rings. The number of benzene rings is 2. The number of aromatic hydroxyl groups is 1. The molecule has 192 valence electrons. The summed E-state index contributed by atoms with van der Waals surface area (Å²) in [4.78, 5) is 24.6. The summed E-state index contributed by atoms with van der Waals surface area (Å²) in [6.45, 7) is 0. The van der Waals surface area contributed by atoms with Crippen molar-refractivity contribution in [3.63, 3.8) is 0 Å². The highest BCUT2D eigenvalue weighted by Crippen LogP contribution is 2.37. The van der Waals surface area contributed by atoms with Crippen molar-refractivity contribution in [2.45, 2.75) is 37.9 Å². The fraction of sp³-hybridized carbons (Fsp3) is 0.296. The highest BCUT2D eigenvalue weighted by atomic mass is 16.5. The largest absolute Gasteiger partial charge is 0.508 e. The van der Waals surface area contributed by atoms with Gasteiger partial charge in [-0.2, -0.15) is 9.97 Å². The first kappa shape index (κ1) is 24.4. The van der Waals surface area contributed by atoms with Crippen LogP contribution in [0.5, 0.6) is 17.4 Å². The molecule has 0 spiro atoms. The topological polar surface area (TPSA) is 142 Å². The first-order valence-electron chi connectivity index (χ1n) is 12.2. The Bertz CT molecular complexity index is 1410. The molecular formula is C27H29N5O5. The van der Waals surface area contributed by atoms with E-state index in [-0.39, 0.29) is 23.9 Å². The van der Waals surface area contributed by atoms with E-state index in [1.165, 1.54) is 7.11 Å². The fourth-order valence-electron chi connectivity index (χ4n) is 4.53. The monoisotopic (exact) mass is 503 g/mol. The number of amides is 1. The summed E-state index contributed by atoms with van der Waals surface area (Å²) in [5, 5.41) is 26.2. The number of ether oxygens (including phenoxy) is 2. The molecule has 37 heavy (non-hydrogen) atoms. The lowest BCUT2D eigenvalue weighted by atomic mass is 9.95. The van der Waals surface area contributed by atoms with Crippen LogP contribution in [0, 0.1) is 0 Å². The van der Waals surface area contributed by atoms with E-state index < -0.39 is 0 Å². The van der Waals surface area contributed by atoms with E-state index in [0.29, 0.717) is 47.3 Å². The Kier molecular flexibility index (Phi) is 6.82. The van der Waals surface area contributed by atoms with Crippen LogP contribution in [0.4, 0.5) is 11.6 Å². The van der Waals surface area contributed by atoms with Gasteiger partial charge in [0.15, 0.2) is 0 Å². The molecule has 10 heteroatoms. The second-order valence-electron chi connectivity index (χ2n) is 8.99. The van der Waals surface area contributed by atoms with Gasteiger partial charge in [-0.1, -0.05) is 12.1 Å². The van der Waals surface area contributed by atoms with E-state index in [2.05, 4.69) is 20.6 Å². The van der Waals surface area contributed by atoms with Crippen LogP contribution < -0.4 is 20.1 Å². The second kappa shape index (κ2) is 10.4. The number of hydrogen-bond acceptors (Lipinski definition) is 8. The Morgan fingerprint density at radius 2 is 1.84 bits per heavy atom. The Hall–Kier alpha value is -4.31. The number of carbonyl (C=O) groups is 1. The lowest BCUT2D eigenvalue weighted by Gasteiger charge is -2.26. The van der Waals surface area contributed by atoms with Crippen molar-refractivity contribution in [2.24, 2.45) is 0 Å². The second-order valence-corrected chi connectivity index (χ2v) is 8.99. The third-order valence-corrected chi connectivity index (χ3v) is 6.54. The summed E-state index contributed by atoms with van der Waals surface area (Å²) < 4.78 is 11.9. The Balaban J connectivity index is 1.54. The summed E-state index contributed by atoms with van der Waals surface area (Å²) in [5.41, 5.74) is 3.36. The van der Waals surface area contributed by atoms with Gasteiger partial charge in [0, 0.05) is 24.4 Å². The summed E-state index contributed by atoms with van der Waals surface area (Å²) in [5.74, 6) is 1.14. The maximum Gasteiger partial charge on any atom is 0.251 e. The van der Waals surface area contributed by atoms with Crippen LogP contribution in [0.1, 0.15) is 36.0 Å². The Morgan fingerprint density at radius 3 is 2.54 bits per heavy atom. The van der Waals surface area contributed by atoms with Crippen molar-refractivity contribution in [3.8, 4) is 28.5 Å². The minimum absolute atomic E-state index is 0.0849. The van der Waals surface area contributed by atoms with E-state index in [4.69, 9.17) is 14.5 Å². The standard InChI is InChI=1S/C27H29N5O5/c1-28-25(35)16-5-12-21(22(13-16)36-2)30-27-31-24-23(20(14-29-24)15-3-6-17(33)7-4-15)26(32-27)37-19-10-8-18(34)9-11-19/h3-7,12-14,18-19,33-34H,8-11H2,1-2H3,(H,28,35)(H2,29,30,31,32)/t18-,19-. The molecule has 2 heterocycles. The number of methoxy groups -OCH3 is 1. The predicted molar refractivity (Wildman–Crippen MR) is 140 cm³/mol. The Morgan fingerprint density at radius 1 is 1.08 bits per heavy atom. The van der Waals surface area contributed by atoms with Crippen LogP contribution in [0.25, 0.3) is 22.2 Å². The van der Waals surface area contributed by atoms with E-state index in [1.807, 2.05) is 18.3 Å². The van der Waals surface area contributed by atoms with E-state index in [0.717, 1.165) is 29.4 Å². The normalized spacial score (nSPS) is 17.4. The fourth-order valence-corrected chi connectivity index (χ4v) is 4.53. The number of phenols is 1. The number of anilines is 2. The third kappa shape index (κ3) is 5.14. The average Bonchev–Trinajstić information content (AvgIpc) is 3.34. The van der Waals surface area contributed by atoms with Gasteiger partial charge in [-0.25, -0.2) is 0 Å². The van der Waals surface area contributed by atoms with Crippen LogP contribution in [0.15, 0.2) is 48.7 Å². The van der Waals surface area contributed by atoms with Gasteiger partial charge < -0.3 is 35.3 Å². The first-order valence-corrected chi connectivity index (χ1v) is 12.2. The number of aromatic nitrogens is 3.